The number of aliphatic hydroxyl groups is 2. The lowest BCUT2D eigenvalue weighted by Crippen LogP contribution is -2.80. The van der Waals surface area contributed by atoms with Gasteiger partial charge in [-0.3, -0.25) is 21.3 Å². The van der Waals surface area contributed by atoms with E-state index in [1.54, 1.807) is 30.3 Å². The summed E-state index contributed by atoms with van der Waals surface area (Å²) in [5, 5.41) is 56.8. The highest BCUT2D eigenvalue weighted by molar-refractivity contribution is 5.88. The van der Waals surface area contributed by atoms with Gasteiger partial charge in [-0.1, -0.05) is 18.2 Å². The number of hydrogen-bond acceptors (Lipinski definition) is 7. The first kappa shape index (κ1) is 19.2. The number of hydrogen-bond donors (Lipinski definition) is 8. The number of carbonyl (C=O) groups is 1. The number of nitrogens with one attached hydrogen (secondary N) is 5. The van der Waals surface area contributed by atoms with Gasteiger partial charge in [0.25, 0.3) is 0 Å². The Balaban J connectivity index is 1.65. The molecule has 3 aliphatic heterocycles. The van der Waals surface area contributed by atoms with Gasteiger partial charge >= 0.3 is 6.09 Å². The Morgan fingerprint density at radius 2 is 2.00 bits per heavy atom. The van der Waals surface area contributed by atoms with Crippen molar-refractivity contribution in [1.82, 2.24) is 20.6 Å². The zero-order valence-corrected chi connectivity index (χ0v) is 15.6. The van der Waals surface area contributed by atoms with Crippen LogP contribution in [-0.4, -0.2) is 86.0 Å². The standard InChI is InChI=1S/C17H23N7O5/c1-16(27)11(29-15(26)20-9-5-3-2-4-6-9)7-23-13(18)21-10(8-25)12-17(16,23)24(28)14(19)22-12/h2-6,10-12,25,27-28H,7-8H2,1H3,(H2,18,21)(H2,19,22)(H,20,26)/t10?,11-,12?,16-,17?/m0/s1. The van der Waals surface area contributed by atoms with Gasteiger partial charge in [0, 0.05) is 5.69 Å². The maximum atomic E-state index is 12.4. The van der Waals surface area contributed by atoms with Crippen LogP contribution in [0.1, 0.15) is 6.92 Å². The lowest BCUT2D eigenvalue weighted by Gasteiger charge is -2.53. The molecule has 3 saturated heterocycles. The van der Waals surface area contributed by atoms with Crippen molar-refractivity contribution in [3.05, 3.63) is 30.3 Å². The van der Waals surface area contributed by atoms with Crippen LogP contribution < -0.4 is 16.0 Å². The number of ether oxygens (including phenoxy) is 1. The van der Waals surface area contributed by atoms with Gasteiger partial charge in [-0.15, -0.1) is 0 Å². The summed E-state index contributed by atoms with van der Waals surface area (Å²) in [4.78, 5) is 13.7. The van der Waals surface area contributed by atoms with Crippen molar-refractivity contribution >= 4 is 23.7 Å². The number of para-hydroxylation sites is 1. The largest absolute Gasteiger partial charge is 0.441 e. The zero-order valence-electron chi connectivity index (χ0n) is 15.6. The Kier molecular flexibility index (Phi) is 4.29. The van der Waals surface area contributed by atoms with Crippen LogP contribution in [0, 0.1) is 10.8 Å². The van der Waals surface area contributed by atoms with Crippen LogP contribution in [0.5, 0.6) is 0 Å². The summed E-state index contributed by atoms with van der Waals surface area (Å²) in [5.74, 6) is -0.574. The normalized spacial score (nSPS) is 35.5. The minimum atomic E-state index is -1.90. The third-order valence-corrected chi connectivity index (χ3v) is 5.85. The van der Waals surface area contributed by atoms with Gasteiger partial charge in [0.2, 0.25) is 5.96 Å². The van der Waals surface area contributed by atoms with Crippen LogP contribution in [-0.2, 0) is 4.74 Å². The van der Waals surface area contributed by atoms with E-state index in [2.05, 4.69) is 16.0 Å². The monoisotopic (exact) mass is 405 g/mol. The Labute approximate surface area is 166 Å². The highest BCUT2D eigenvalue weighted by atomic mass is 16.6. The Morgan fingerprint density at radius 3 is 2.66 bits per heavy atom. The third kappa shape index (κ3) is 2.53. The fourth-order valence-electron chi connectivity index (χ4n) is 4.50. The molecule has 0 saturated carbocycles. The molecule has 156 valence electrons. The average Bonchev–Trinajstić information content (AvgIpc) is 3.08. The second kappa shape index (κ2) is 6.47. The Morgan fingerprint density at radius 1 is 1.31 bits per heavy atom. The number of anilines is 1. The van der Waals surface area contributed by atoms with Gasteiger partial charge in [0.15, 0.2) is 17.7 Å². The third-order valence-electron chi connectivity index (χ3n) is 5.85. The molecule has 12 nitrogen and oxygen atoms in total. The van der Waals surface area contributed by atoms with Gasteiger partial charge in [-0.2, -0.15) is 5.06 Å². The van der Waals surface area contributed by atoms with Crippen LogP contribution in [0.25, 0.3) is 0 Å². The average molecular weight is 405 g/mol. The molecule has 12 heteroatoms. The van der Waals surface area contributed by atoms with Crippen molar-refractivity contribution in [3.8, 4) is 0 Å². The van der Waals surface area contributed by atoms with E-state index >= 15 is 0 Å². The number of amides is 1. The molecule has 3 fully saturated rings. The second-order valence-electron chi connectivity index (χ2n) is 7.43. The SMILES string of the molecule is C[C@]1(O)[C@@H](OC(=O)Nc2ccccc2)CN2C(=N)NC(CO)C3NC(=N)N(O)C321. The molecule has 8 N–H and O–H groups in total. The van der Waals surface area contributed by atoms with Gasteiger partial charge in [0.05, 0.1) is 25.2 Å². The first-order valence-corrected chi connectivity index (χ1v) is 9.06. The molecule has 29 heavy (non-hydrogen) atoms. The minimum Gasteiger partial charge on any atom is -0.441 e. The van der Waals surface area contributed by atoms with Crippen molar-refractivity contribution in [3.63, 3.8) is 0 Å². The van der Waals surface area contributed by atoms with Crippen LogP contribution in [0.3, 0.4) is 0 Å². The number of benzene rings is 1. The second-order valence-corrected chi connectivity index (χ2v) is 7.43. The van der Waals surface area contributed by atoms with Gasteiger partial charge < -0.3 is 30.5 Å². The highest BCUT2D eigenvalue weighted by Crippen LogP contribution is 2.48. The summed E-state index contributed by atoms with van der Waals surface area (Å²) in [6, 6.07) is 7.01. The Bertz CT molecular complexity index is 850. The summed E-state index contributed by atoms with van der Waals surface area (Å²) in [6.45, 7) is 0.853. The molecule has 1 amide bonds. The smallest absolute Gasteiger partial charge is 0.412 e. The molecule has 3 aliphatic rings. The molecule has 4 rings (SSSR count). The molecule has 3 unspecified atom stereocenters. The van der Waals surface area contributed by atoms with E-state index in [1.165, 1.54) is 11.8 Å². The number of guanidine groups is 2. The number of aliphatic hydroxyl groups excluding tert-OH is 1. The van der Waals surface area contributed by atoms with Crippen LogP contribution in [0.4, 0.5) is 10.5 Å². The summed E-state index contributed by atoms with van der Waals surface area (Å²) < 4.78 is 5.46. The van der Waals surface area contributed by atoms with Gasteiger partial charge in [-0.05, 0) is 19.1 Å². The predicted molar refractivity (Wildman–Crippen MR) is 100 cm³/mol. The molecule has 1 spiro atoms. The molecule has 3 heterocycles. The van der Waals surface area contributed by atoms with Crippen molar-refractivity contribution in [2.24, 2.45) is 0 Å². The molecule has 0 aromatic heterocycles. The van der Waals surface area contributed by atoms with Crippen LogP contribution in [0.2, 0.25) is 0 Å². The van der Waals surface area contributed by atoms with Gasteiger partial charge in [0.1, 0.15) is 5.60 Å². The summed E-state index contributed by atoms with van der Waals surface area (Å²) in [7, 11) is 0. The molecular formula is C17H23N7O5. The van der Waals surface area contributed by atoms with Gasteiger partial charge in [-0.25, -0.2) is 4.79 Å². The fourth-order valence-corrected chi connectivity index (χ4v) is 4.50. The van der Waals surface area contributed by atoms with Crippen molar-refractivity contribution < 1.29 is 25.0 Å². The van der Waals surface area contributed by atoms with E-state index in [0.29, 0.717) is 10.8 Å². The molecule has 1 aromatic carbocycles. The van der Waals surface area contributed by atoms with Crippen molar-refractivity contribution in [1.29, 1.82) is 10.8 Å². The van der Waals surface area contributed by atoms with E-state index < -0.39 is 48.1 Å². The summed E-state index contributed by atoms with van der Waals surface area (Å²) >= 11 is 0. The number of carbonyl (C=O) groups excluding carboxylic acids is 1. The zero-order chi connectivity index (χ0) is 21.0. The minimum absolute atomic E-state index is 0.109. The Hall–Kier alpha value is -3.09. The predicted octanol–water partition coefficient (Wildman–Crippen LogP) is -1.14. The molecule has 5 atom stereocenters. The molecule has 0 aliphatic carbocycles. The molecule has 0 bridgehead atoms. The number of hydroxylamine groups is 2. The fraction of sp³-hybridized carbons (Fsp3) is 0.471. The summed E-state index contributed by atoms with van der Waals surface area (Å²) in [6.07, 6.45) is -1.95. The quantitative estimate of drug-likeness (QED) is 0.309. The molecular weight excluding hydrogens is 382 g/mol. The topological polar surface area (TPSA) is 177 Å². The van der Waals surface area contributed by atoms with E-state index in [9.17, 15) is 20.2 Å². The molecule has 1 aromatic rings. The first-order chi connectivity index (χ1) is 13.7. The van der Waals surface area contributed by atoms with Crippen molar-refractivity contribution in [2.45, 2.75) is 36.4 Å². The highest BCUT2D eigenvalue weighted by Gasteiger charge is 2.76. The van der Waals surface area contributed by atoms with E-state index in [-0.39, 0.29) is 12.5 Å². The maximum Gasteiger partial charge on any atom is 0.412 e. The number of nitrogens with zero attached hydrogens (tertiary/aromatic N) is 2. The van der Waals surface area contributed by atoms with Crippen LogP contribution >= 0.6 is 0 Å². The van der Waals surface area contributed by atoms with Crippen LogP contribution in [0.15, 0.2) is 30.3 Å². The molecule has 0 radical (unpaired) electrons. The number of rotatable bonds is 3. The summed E-state index contributed by atoms with van der Waals surface area (Å²) in [5.41, 5.74) is -3.12. The lowest BCUT2D eigenvalue weighted by molar-refractivity contribution is -0.228. The maximum absolute atomic E-state index is 12.4. The van der Waals surface area contributed by atoms with Crippen molar-refractivity contribution in [2.75, 3.05) is 18.5 Å². The van der Waals surface area contributed by atoms with E-state index in [0.717, 1.165) is 0 Å². The lowest BCUT2D eigenvalue weighted by atomic mass is 9.79. The first-order valence-electron chi connectivity index (χ1n) is 9.06. The van der Waals surface area contributed by atoms with E-state index in [4.69, 9.17) is 15.6 Å². The van der Waals surface area contributed by atoms with E-state index in [1.807, 2.05) is 0 Å².